The highest BCUT2D eigenvalue weighted by Crippen LogP contribution is 2.22. The van der Waals surface area contributed by atoms with Gasteiger partial charge in [0.25, 0.3) is 0 Å². The fourth-order valence-electron chi connectivity index (χ4n) is 2.43. The number of benzene rings is 1. The third-order valence-corrected chi connectivity index (χ3v) is 3.24. The van der Waals surface area contributed by atoms with E-state index in [9.17, 15) is 0 Å². The Labute approximate surface area is 115 Å². The van der Waals surface area contributed by atoms with Gasteiger partial charge in [-0.25, -0.2) is 0 Å². The van der Waals surface area contributed by atoms with E-state index < -0.39 is 0 Å². The molecule has 2 aromatic rings. The number of nitrogens with zero attached hydrogens (tertiary/aromatic N) is 1. The van der Waals surface area contributed by atoms with Crippen LogP contribution in [0.4, 0.5) is 0 Å². The largest absolute Gasteiger partial charge is 0.380 e. The molecule has 1 heterocycles. The Morgan fingerprint density at radius 1 is 1.26 bits per heavy atom. The fourth-order valence-corrected chi connectivity index (χ4v) is 2.43. The quantitative estimate of drug-likeness (QED) is 0.777. The standard InChI is InChI=1S/C16H24N2O/c1-3-9-19-10-8-18-12-14(11-13(2)17)15-6-4-5-7-16(15)18/h4-7,12-13H,3,8-11,17H2,1-2H3. The molecule has 2 rings (SSSR count). The summed E-state index contributed by atoms with van der Waals surface area (Å²) in [4.78, 5) is 0. The van der Waals surface area contributed by atoms with Crippen molar-refractivity contribution in [3.05, 3.63) is 36.0 Å². The summed E-state index contributed by atoms with van der Waals surface area (Å²) in [5.74, 6) is 0. The van der Waals surface area contributed by atoms with E-state index in [4.69, 9.17) is 10.5 Å². The molecule has 0 amide bonds. The molecule has 0 saturated heterocycles. The average molecular weight is 260 g/mol. The predicted molar refractivity (Wildman–Crippen MR) is 80.4 cm³/mol. The Kier molecular flexibility index (Phi) is 5.00. The van der Waals surface area contributed by atoms with Crippen molar-refractivity contribution in [2.45, 2.75) is 39.3 Å². The number of para-hydroxylation sites is 1. The fraction of sp³-hybridized carbons (Fsp3) is 0.500. The van der Waals surface area contributed by atoms with Gasteiger partial charge in [-0.3, -0.25) is 0 Å². The van der Waals surface area contributed by atoms with E-state index in [-0.39, 0.29) is 6.04 Å². The van der Waals surface area contributed by atoms with Gasteiger partial charge in [0.05, 0.1) is 6.61 Å². The molecule has 0 aliphatic carbocycles. The maximum Gasteiger partial charge on any atom is 0.0645 e. The van der Waals surface area contributed by atoms with Crippen molar-refractivity contribution in [2.75, 3.05) is 13.2 Å². The molecule has 0 spiro atoms. The molecule has 3 heteroatoms. The molecule has 0 bridgehead atoms. The van der Waals surface area contributed by atoms with Crippen molar-refractivity contribution in [3.63, 3.8) is 0 Å². The van der Waals surface area contributed by atoms with E-state index in [2.05, 4.69) is 48.9 Å². The third-order valence-electron chi connectivity index (χ3n) is 3.24. The SMILES string of the molecule is CCCOCCn1cc(CC(C)N)c2ccccc21. The highest BCUT2D eigenvalue weighted by Gasteiger charge is 2.09. The van der Waals surface area contributed by atoms with E-state index >= 15 is 0 Å². The van der Waals surface area contributed by atoms with E-state index in [1.165, 1.54) is 16.5 Å². The maximum absolute atomic E-state index is 5.93. The van der Waals surface area contributed by atoms with Gasteiger partial charge in [0.2, 0.25) is 0 Å². The summed E-state index contributed by atoms with van der Waals surface area (Å²) in [5, 5.41) is 1.32. The lowest BCUT2D eigenvalue weighted by atomic mass is 10.1. The van der Waals surface area contributed by atoms with E-state index in [0.717, 1.165) is 32.6 Å². The predicted octanol–water partition coefficient (Wildman–Crippen LogP) is 2.96. The second-order valence-electron chi connectivity index (χ2n) is 5.16. The Morgan fingerprint density at radius 2 is 2.05 bits per heavy atom. The minimum Gasteiger partial charge on any atom is -0.380 e. The minimum atomic E-state index is 0.190. The first-order chi connectivity index (χ1) is 9.22. The summed E-state index contributed by atoms with van der Waals surface area (Å²) >= 11 is 0. The number of fused-ring (bicyclic) bond motifs is 1. The van der Waals surface area contributed by atoms with Gasteiger partial charge >= 0.3 is 0 Å². The van der Waals surface area contributed by atoms with Crippen molar-refractivity contribution in [2.24, 2.45) is 5.73 Å². The molecule has 0 aliphatic heterocycles. The normalized spacial score (nSPS) is 13.0. The molecule has 1 aromatic carbocycles. The van der Waals surface area contributed by atoms with E-state index in [1.807, 2.05) is 0 Å². The summed E-state index contributed by atoms with van der Waals surface area (Å²) < 4.78 is 7.86. The lowest BCUT2D eigenvalue weighted by molar-refractivity contribution is 0.127. The van der Waals surface area contributed by atoms with Crippen molar-refractivity contribution in [1.82, 2.24) is 4.57 Å². The minimum absolute atomic E-state index is 0.190. The Bertz CT molecular complexity index is 516. The van der Waals surface area contributed by atoms with Crippen molar-refractivity contribution >= 4 is 10.9 Å². The van der Waals surface area contributed by atoms with E-state index in [0.29, 0.717) is 0 Å². The van der Waals surface area contributed by atoms with Crippen LogP contribution >= 0.6 is 0 Å². The molecule has 0 aliphatic rings. The summed E-state index contributed by atoms with van der Waals surface area (Å²) in [6, 6.07) is 8.71. The molecule has 0 saturated carbocycles. The van der Waals surface area contributed by atoms with Crippen LogP contribution < -0.4 is 5.73 Å². The Hall–Kier alpha value is -1.32. The summed E-state index contributed by atoms with van der Waals surface area (Å²) in [7, 11) is 0. The van der Waals surface area contributed by atoms with Crippen molar-refractivity contribution in [3.8, 4) is 0 Å². The van der Waals surface area contributed by atoms with Gasteiger partial charge in [0.1, 0.15) is 0 Å². The van der Waals surface area contributed by atoms with Crippen molar-refractivity contribution in [1.29, 1.82) is 0 Å². The zero-order valence-electron chi connectivity index (χ0n) is 11.9. The number of hydrogen-bond acceptors (Lipinski definition) is 2. The van der Waals surface area contributed by atoms with Gasteiger partial charge < -0.3 is 15.0 Å². The van der Waals surface area contributed by atoms with Crippen LogP contribution in [0.3, 0.4) is 0 Å². The van der Waals surface area contributed by atoms with Crippen LogP contribution in [0.2, 0.25) is 0 Å². The Morgan fingerprint density at radius 3 is 2.79 bits per heavy atom. The number of ether oxygens (including phenoxy) is 1. The van der Waals surface area contributed by atoms with Gasteiger partial charge in [-0.15, -0.1) is 0 Å². The summed E-state index contributed by atoms with van der Waals surface area (Å²) in [6.07, 6.45) is 4.22. The van der Waals surface area contributed by atoms with Crippen LogP contribution in [0.15, 0.2) is 30.5 Å². The molecule has 104 valence electrons. The smallest absolute Gasteiger partial charge is 0.0645 e. The Balaban J connectivity index is 2.18. The number of hydrogen-bond donors (Lipinski definition) is 1. The first-order valence-corrected chi connectivity index (χ1v) is 7.12. The number of rotatable bonds is 7. The van der Waals surface area contributed by atoms with Crippen molar-refractivity contribution < 1.29 is 4.74 Å². The number of nitrogens with two attached hydrogens (primary N) is 1. The van der Waals surface area contributed by atoms with Crippen LogP contribution in [0, 0.1) is 0 Å². The van der Waals surface area contributed by atoms with Crippen LogP contribution in [0.25, 0.3) is 10.9 Å². The second-order valence-corrected chi connectivity index (χ2v) is 5.16. The molecule has 2 N–H and O–H groups in total. The maximum atomic E-state index is 5.93. The number of aromatic nitrogens is 1. The molecular formula is C16H24N2O. The molecule has 1 atom stereocenters. The third kappa shape index (κ3) is 3.58. The van der Waals surface area contributed by atoms with Gasteiger partial charge in [0.15, 0.2) is 0 Å². The monoisotopic (exact) mass is 260 g/mol. The topological polar surface area (TPSA) is 40.2 Å². The first-order valence-electron chi connectivity index (χ1n) is 7.12. The highest BCUT2D eigenvalue weighted by molar-refractivity contribution is 5.84. The highest BCUT2D eigenvalue weighted by atomic mass is 16.5. The lowest BCUT2D eigenvalue weighted by Crippen LogP contribution is -2.17. The lowest BCUT2D eigenvalue weighted by Gasteiger charge is -2.05. The van der Waals surface area contributed by atoms with Gasteiger partial charge in [-0.05, 0) is 31.4 Å². The molecule has 19 heavy (non-hydrogen) atoms. The van der Waals surface area contributed by atoms with Gasteiger partial charge in [-0.1, -0.05) is 25.1 Å². The average Bonchev–Trinajstić information content (AvgIpc) is 2.73. The van der Waals surface area contributed by atoms with Gasteiger partial charge in [0, 0.05) is 36.3 Å². The van der Waals surface area contributed by atoms with Crippen LogP contribution in [-0.2, 0) is 17.7 Å². The van der Waals surface area contributed by atoms with Crippen LogP contribution in [-0.4, -0.2) is 23.8 Å². The first kappa shape index (κ1) is 14.1. The van der Waals surface area contributed by atoms with Gasteiger partial charge in [-0.2, -0.15) is 0 Å². The zero-order chi connectivity index (χ0) is 13.7. The van der Waals surface area contributed by atoms with Crippen LogP contribution in [0.5, 0.6) is 0 Å². The van der Waals surface area contributed by atoms with Crippen LogP contribution in [0.1, 0.15) is 25.8 Å². The molecule has 1 aromatic heterocycles. The molecule has 1 unspecified atom stereocenters. The summed E-state index contributed by atoms with van der Waals surface area (Å²) in [6.45, 7) is 6.69. The molecule has 3 nitrogen and oxygen atoms in total. The zero-order valence-corrected chi connectivity index (χ0v) is 11.9. The summed E-state index contributed by atoms with van der Waals surface area (Å²) in [5.41, 5.74) is 8.54. The second kappa shape index (κ2) is 6.73. The molecule has 0 radical (unpaired) electrons. The van der Waals surface area contributed by atoms with E-state index in [1.54, 1.807) is 0 Å². The molecular weight excluding hydrogens is 236 g/mol. The molecule has 0 fully saturated rings.